The summed E-state index contributed by atoms with van der Waals surface area (Å²) in [5.41, 5.74) is 2.75. The summed E-state index contributed by atoms with van der Waals surface area (Å²) in [6, 6.07) is 0.532. The summed E-state index contributed by atoms with van der Waals surface area (Å²) in [5.74, 6) is 0. The van der Waals surface area contributed by atoms with Crippen LogP contribution in [0, 0.1) is 0 Å². The van der Waals surface area contributed by atoms with Gasteiger partial charge in [0, 0.05) is 31.4 Å². The molecule has 0 amide bonds. The van der Waals surface area contributed by atoms with Gasteiger partial charge in [0.25, 0.3) is 0 Å². The lowest BCUT2D eigenvalue weighted by atomic mass is 10.1. The number of nitrogens with one attached hydrogen (secondary N) is 1. The highest BCUT2D eigenvalue weighted by Crippen LogP contribution is 2.17. The summed E-state index contributed by atoms with van der Waals surface area (Å²) in [6.07, 6.45) is 6.05. The van der Waals surface area contributed by atoms with E-state index in [1.807, 2.05) is 6.08 Å². The molecule has 0 spiro atoms. The van der Waals surface area contributed by atoms with Gasteiger partial charge in [-0.05, 0) is 31.8 Å². The van der Waals surface area contributed by atoms with Gasteiger partial charge in [-0.25, -0.2) is 0 Å². The Hall–Kier alpha value is -0.760. The third-order valence-electron chi connectivity index (χ3n) is 3.24. The summed E-state index contributed by atoms with van der Waals surface area (Å²) in [5, 5.41) is 3.46. The Morgan fingerprint density at radius 2 is 1.94 bits per heavy atom. The van der Waals surface area contributed by atoms with Crippen molar-refractivity contribution in [2.24, 2.45) is 0 Å². The van der Waals surface area contributed by atoms with E-state index in [1.165, 1.54) is 43.6 Å². The van der Waals surface area contributed by atoms with Gasteiger partial charge >= 0.3 is 0 Å². The fraction of sp³-hybridized carbons (Fsp3) is 0.714. The van der Waals surface area contributed by atoms with E-state index in [0.717, 1.165) is 6.54 Å². The molecule has 1 aliphatic rings. The van der Waals surface area contributed by atoms with Crippen LogP contribution in [0.3, 0.4) is 0 Å². The predicted molar refractivity (Wildman–Crippen MR) is 71.5 cm³/mol. The Bertz CT molecular complexity index is 247. The maximum atomic E-state index is 3.93. The fourth-order valence-electron chi connectivity index (χ4n) is 2.09. The second-order valence-electron chi connectivity index (χ2n) is 4.90. The van der Waals surface area contributed by atoms with E-state index in [0.29, 0.717) is 6.04 Å². The minimum absolute atomic E-state index is 0.532. The van der Waals surface area contributed by atoms with Crippen molar-refractivity contribution >= 4 is 0 Å². The molecule has 0 saturated carbocycles. The first-order chi connectivity index (χ1) is 7.65. The van der Waals surface area contributed by atoms with Crippen molar-refractivity contribution in [2.45, 2.75) is 46.1 Å². The van der Waals surface area contributed by atoms with Crippen LogP contribution in [0.1, 0.15) is 40.0 Å². The van der Waals surface area contributed by atoms with E-state index in [-0.39, 0.29) is 0 Å². The Kier molecular flexibility index (Phi) is 5.61. The molecule has 1 rings (SSSR count). The molecule has 0 aromatic heterocycles. The third kappa shape index (κ3) is 4.01. The number of hydrogen-bond donors (Lipinski definition) is 1. The standard InChI is InChI=1S/C14H26N2/c1-5-14(11-15-12(2)3)13(4)16-9-7-6-8-10-16/h5,12,15H,1,6-11H2,2-4H3. The zero-order chi connectivity index (χ0) is 12.0. The van der Waals surface area contributed by atoms with E-state index in [1.54, 1.807) is 0 Å². The molecule has 2 heteroatoms. The van der Waals surface area contributed by atoms with Crippen molar-refractivity contribution in [2.75, 3.05) is 19.6 Å². The molecule has 0 aromatic rings. The van der Waals surface area contributed by atoms with Crippen LogP contribution in [0.4, 0.5) is 0 Å². The normalized spacial score (nSPS) is 18.6. The average Bonchev–Trinajstić information content (AvgIpc) is 2.30. The molecule has 1 heterocycles. The molecule has 1 N–H and O–H groups in total. The van der Waals surface area contributed by atoms with E-state index >= 15 is 0 Å². The highest BCUT2D eigenvalue weighted by molar-refractivity contribution is 5.24. The second-order valence-corrected chi connectivity index (χ2v) is 4.90. The second kappa shape index (κ2) is 6.74. The molecule has 0 atom stereocenters. The first-order valence-electron chi connectivity index (χ1n) is 6.45. The van der Waals surface area contributed by atoms with Gasteiger partial charge in [0.1, 0.15) is 0 Å². The van der Waals surface area contributed by atoms with Crippen molar-refractivity contribution in [1.29, 1.82) is 0 Å². The number of nitrogens with zero attached hydrogens (tertiary/aromatic N) is 1. The lowest BCUT2D eigenvalue weighted by Crippen LogP contribution is -2.31. The number of allylic oxidation sites excluding steroid dienone is 1. The van der Waals surface area contributed by atoms with Gasteiger partial charge in [-0.3, -0.25) is 0 Å². The fourth-order valence-corrected chi connectivity index (χ4v) is 2.09. The van der Waals surface area contributed by atoms with E-state index < -0.39 is 0 Å². The highest BCUT2D eigenvalue weighted by Gasteiger charge is 2.12. The van der Waals surface area contributed by atoms with Gasteiger partial charge in [-0.2, -0.15) is 0 Å². The Labute approximate surface area is 100 Å². The molecular weight excluding hydrogens is 196 g/mol. The van der Waals surface area contributed by atoms with E-state index in [4.69, 9.17) is 0 Å². The first-order valence-corrected chi connectivity index (χ1v) is 6.45. The Morgan fingerprint density at radius 1 is 1.31 bits per heavy atom. The topological polar surface area (TPSA) is 15.3 Å². The smallest absolute Gasteiger partial charge is 0.0224 e. The Balaban J connectivity index is 2.61. The quantitative estimate of drug-likeness (QED) is 0.720. The zero-order valence-corrected chi connectivity index (χ0v) is 11.1. The average molecular weight is 222 g/mol. The summed E-state index contributed by atoms with van der Waals surface area (Å²) in [4.78, 5) is 2.50. The molecule has 1 fully saturated rings. The molecule has 2 nitrogen and oxygen atoms in total. The van der Waals surface area contributed by atoms with Crippen LogP contribution in [0.25, 0.3) is 0 Å². The summed E-state index contributed by atoms with van der Waals surface area (Å²) in [7, 11) is 0. The number of likely N-dealkylation sites (tertiary alicyclic amines) is 1. The van der Waals surface area contributed by atoms with Crippen molar-refractivity contribution in [3.05, 3.63) is 23.9 Å². The van der Waals surface area contributed by atoms with Crippen LogP contribution >= 0.6 is 0 Å². The largest absolute Gasteiger partial charge is 0.375 e. The maximum absolute atomic E-state index is 3.93. The minimum atomic E-state index is 0.532. The van der Waals surface area contributed by atoms with Crippen molar-refractivity contribution < 1.29 is 0 Å². The van der Waals surface area contributed by atoms with Crippen LogP contribution < -0.4 is 5.32 Å². The van der Waals surface area contributed by atoms with Crippen LogP contribution in [-0.4, -0.2) is 30.6 Å². The summed E-state index contributed by atoms with van der Waals surface area (Å²) >= 11 is 0. The van der Waals surface area contributed by atoms with E-state index in [9.17, 15) is 0 Å². The van der Waals surface area contributed by atoms with Crippen molar-refractivity contribution in [3.8, 4) is 0 Å². The molecular formula is C14H26N2. The Morgan fingerprint density at radius 3 is 2.44 bits per heavy atom. The number of hydrogen-bond acceptors (Lipinski definition) is 2. The van der Waals surface area contributed by atoms with Gasteiger partial charge in [0.15, 0.2) is 0 Å². The van der Waals surface area contributed by atoms with Gasteiger partial charge < -0.3 is 10.2 Å². The van der Waals surface area contributed by atoms with Crippen LogP contribution in [0.15, 0.2) is 23.9 Å². The SMILES string of the molecule is C=CC(CNC(C)C)=C(C)N1CCCCC1. The van der Waals surface area contributed by atoms with Crippen LogP contribution in [0.2, 0.25) is 0 Å². The zero-order valence-electron chi connectivity index (χ0n) is 11.1. The first kappa shape index (κ1) is 13.3. The van der Waals surface area contributed by atoms with Crippen LogP contribution in [0.5, 0.6) is 0 Å². The summed E-state index contributed by atoms with van der Waals surface area (Å²) in [6.45, 7) is 13.9. The molecule has 92 valence electrons. The molecule has 0 aliphatic carbocycles. The monoisotopic (exact) mass is 222 g/mol. The van der Waals surface area contributed by atoms with Crippen molar-refractivity contribution in [1.82, 2.24) is 10.2 Å². The molecule has 16 heavy (non-hydrogen) atoms. The van der Waals surface area contributed by atoms with Gasteiger partial charge in [-0.1, -0.05) is 26.5 Å². The maximum Gasteiger partial charge on any atom is 0.0224 e. The van der Waals surface area contributed by atoms with E-state index in [2.05, 4.69) is 37.6 Å². The predicted octanol–water partition coefficient (Wildman–Crippen LogP) is 2.93. The molecule has 0 bridgehead atoms. The van der Waals surface area contributed by atoms with Gasteiger partial charge in [-0.15, -0.1) is 0 Å². The number of piperidine rings is 1. The molecule has 0 radical (unpaired) electrons. The molecule has 1 aliphatic heterocycles. The summed E-state index contributed by atoms with van der Waals surface area (Å²) < 4.78 is 0. The lowest BCUT2D eigenvalue weighted by molar-refractivity contribution is 0.283. The number of rotatable bonds is 5. The highest BCUT2D eigenvalue weighted by atomic mass is 15.1. The third-order valence-corrected chi connectivity index (χ3v) is 3.24. The van der Waals surface area contributed by atoms with Crippen LogP contribution in [-0.2, 0) is 0 Å². The molecule has 0 unspecified atom stereocenters. The molecule has 0 aromatic carbocycles. The minimum Gasteiger partial charge on any atom is -0.375 e. The molecule has 1 saturated heterocycles. The van der Waals surface area contributed by atoms with Crippen molar-refractivity contribution in [3.63, 3.8) is 0 Å². The van der Waals surface area contributed by atoms with Gasteiger partial charge in [0.2, 0.25) is 0 Å². The lowest BCUT2D eigenvalue weighted by Gasteiger charge is -2.31. The van der Waals surface area contributed by atoms with Gasteiger partial charge in [0.05, 0.1) is 0 Å².